The Morgan fingerprint density at radius 2 is 2.03 bits per heavy atom. The molecule has 3 N–H and O–H groups in total. The lowest BCUT2D eigenvalue weighted by Crippen LogP contribution is -2.50. The van der Waals surface area contributed by atoms with Gasteiger partial charge in [-0.3, -0.25) is 4.79 Å². The Hall–Kier alpha value is -2.39. The zero-order chi connectivity index (χ0) is 25.7. The van der Waals surface area contributed by atoms with Crippen molar-refractivity contribution in [2.45, 2.75) is 22.9 Å². The molecule has 15 heteroatoms. The van der Waals surface area contributed by atoms with E-state index in [-0.39, 0.29) is 36.1 Å². The predicted molar refractivity (Wildman–Crippen MR) is 119 cm³/mol. The van der Waals surface area contributed by atoms with Crippen molar-refractivity contribution in [1.29, 1.82) is 0 Å². The molecule has 34 heavy (non-hydrogen) atoms. The van der Waals surface area contributed by atoms with E-state index in [0.717, 1.165) is 13.9 Å². The second kappa shape index (κ2) is 10.9. The van der Waals surface area contributed by atoms with Crippen LogP contribution in [-0.4, -0.2) is 66.6 Å². The van der Waals surface area contributed by atoms with E-state index >= 15 is 0 Å². The maximum atomic E-state index is 13.8. The third-order valence-electron chi connectivity index (χ3n) is 4.53. The highest BCUT2D eigenvalue weighted by molar-refractivity contribution is 14.1. The number of aromatic nitrogens is 1. The lowest BCUT2D eigenvalue weighted by molar-refractivity contribution is -0.156. The van der Waals surface area contributed by atoms with Gasteiger partial charge < -0.3 is 15.6 Å². The lowest BCUT2D eigenvalue weighted by atomic mass is 10.0. The van der Waals surface area contributed by atoms with Crippen LogP contribution in [0, 0.1) is 16.0 Å². The summed E-state index contributed by atoms with van der Waals surface area (Å²) in [6, 6.07) is 6.64. The Bertz CT molecular complexity index is 1170. The standard InChI is InChI=1S/C17H16FIN4O4S.C2HF3O/c1-21-14-4-3-12(6-13(14)18)27-15-8-23(10-17(15,24)9-20)28(25,26)16-5-2-11(19)7-22-16;3-2(4,5)1-6/h2-7,15,24H,8-10,20H2;1H/t15-,17-;/m0./s1. The van der Waals surface area contributed by atoms with E-state index in [2.05, 4.69) is 9.83 Å². The Labute approximate surface area is 205 Å². The predicted octanol–water partition coefficient (Wildman–Crippen LogP) is 2.27. The zero-order valence-electron chi connectivity index (χ0n) is 17.0. The normalized spacial score (nSPS) is 20.7. The van der Waals surface area contributed by atoms with Gasteiger partial charge in [0.15, 0.2) is 5.03 Å². The van der Waals surface area contributed by atoms with Crippen LogP contribution in [0.3, 0.4) is 0 Å². The number of sulfonamides is 1. The van der Waals surface area contributed by atoms with Gasteiger partial charge in [0.2, 0.25) is 12.0 Å². The molecule has 0 spiro atoms. The maximum absolute atomic E-state index is 13.8. The third-order valence-corrected chi connectivity index (χ3v) is 6.89. The number of carbonyl (C=O) groups is 1. The van der Waals surface area contributed by atoms with Crippen LogP contribution in [0.25, 0.3) is 4.85 Å². The van der Waals surface area contributed by atoms with Crippen molar-refractivity contribution in [3.05, 3.63) is 57.3 Å². The van der Waals surface area contributed by atoms with Crippen molar-refractivity contribution in [2.24, 2.45) is 5.73 Å². The van der Waals surface area contributed by atoms with E-state index in [9.17, 15) is 31.1 Å². The van der Waals surface area contributed by atoms with Crippen LogP contribution < -0.4 is 10.5 Å². The van der Waals surface area contributed by atoms with Crippen molar-refractivity contribution in [2.75, 3.05) is 19.6 Å². The fourth-order valence-electron chi connectivity index (χ4n) is 2.82. The minimum absolute atomic E-state index is 0.0633. The second-order valence-corrected chi connectivity index (χ2v) is 10.0. The molecule has 1 aliphatic heterocycles. The van der Waals surface area contributed by atoms with Crippen LogP contribution in [0.4, 0.5) is 23.2 Å². The molecule has 2 aromatic rings. The summed E-state index contributed by atoms with van der Waals surface area (Å²) in [7, 11) is -3.97. The monoisotopic (exact) mass is 616 g/mol. The number of benzene rings is 1. The van der Waals surface area contributed by atoms with Gasteiger partial charge in [0.25, 0.3) is 10.0 Å². The molecule has 9 nitrogen and oxygen atoms in total. The van der Waals surface area contributed by atoms with Crippen LogP contribution in [0.2, 0.25) is 0 Å². The number of hydrogen-bond donors (Lipinski definition) is 2. The molecule has 2 heterocycles. The fourth-order valence-corrected chi connectivity index (χ4v) is 4.55. The van der Waals surface area contributed by atoms with Crippen LogP contribution in [0.1, 0.15) is 0 Å². The third kappa shape index (κ3) is 6.82. The van der Waals surface area contributed by atoms with Gasteiger partial charge in [0.05, 0.1) is 13.1 Å². The molecule has 0 bridgehead atoms. The van der Waals surface area contributed by atoms with Gasteiger partial charge in [-0.05, 0) is 46.9 Å². The largest absolute Gasteiger partial charge is 0.486 e. The summed E-state index contributed by atoms with van der Waals surface area (Å²) in [5.41, 5.74) is 3.84. The number of aliphatic hydroxyl groups is 1. The molecule has 0 amide bonds. The summed E-state index contributed by atoms with van der Waals surface area (Å²) >= 11 is 2.01. The Morgan fingerprint density at radius 1 is 1.38 bits per heavy atom. The summed E-state index contributed by atoms with van der Waals surface area (Å²) in [5, 5.41) is 10.6. The molecule has 1 aliphatic rings. The molecule has 0 saturated carbocycles. The molecular weight excluding hydrogens is 599 g/mol. The molecule has 1 aromatic carbocycles. The van der Waals surface area contributed by atoms with Gasteiger partial charge >= 0.3 is 6.18 Å². The molecule has 1 aromatic heterocycles. The van der Waals surface area contributed by atoms with Crippen molar-refractivity contribution in [1.82, 2.24) is 9.29 Å². The van der Waals surface area contributed by atoms with E-state index in [1.54, 1.807) is 6.07 Å². The van der Waals surface area contributed by atoms with E-state index in [1.807, 2.05) is 22.6 Å². The molecule has 184 valence electrons. The number of halogens is 5. The fraction of sp³-hybridized carbons (Fsp3) is 0.316. The van der Waals surface area contributed by atoms with Crippen molar-refractivity contribution in [3.8, 4) is 5.75 Å². The Balaban J connectivity index is 0.000000604. The number of pyridine rings is 1. The Morgan fingerprint density at radius 3 is 2.50 bits per heavy atom. The van der Waals surface area contributed by atoms with Gasteiger partial charge in [-0.15, -0.1) is 0 Å². The second-order valence-electron chi connectivity index (χ2n) is 6.91. The van der Waals surface area contributed by atoms with Gasteiger partial charge in [0, 0.05) is 28.9 Å². The molecule has 0 aliphatic carbocycles. The number of carbonyl (C=O) groups excluding carboxylic acids is 1. The number of nitrogens with zero attached hydrogens (tertiary/aromatic N) is 3. The summed E-state index contributed by atoms with van der Waals surface area (Å²) in [4.78, 5) is 15.7. The molecule has 0 radical (unpaired) electrons. The molecule has 1 fully saturated rings. The topological polar surface area (TPSA) is 127 Å². The van der Waals surface area contributed by atoms with Crippen molar-refractivity contribution >= 4 is 44.6 Å². The van der Waals surface area contributed by atoms with Gasteiger partial charge in [-0.25, -0.2) is 22.6 Å². The first kappa shape index (κ1) is 27.9. The smallest absolute Gasteiger partial charge is 0.446 e. The van der Waals surface area contributed by atoms with Gasteiger partial charge in [-0.2, -0.15) is 17.5 Å². The maximum Gasteiger partial charge on any atom is 0.446 e. The van der Waals surface area contributed by atoms with Gasteiger partial charge in [-0.1, -0.05) is 0 Å². The average Bonchev–Trinajstić information content (AvgIpc) is 3.12. The van der Waals surface area contributed by atoms with E-state index < -0.39 is 40.0 Å². The summed E-state index contributed by atoms with van der Waals surface area (Å²) in [6.07, 6.45) is -5.30. The molecule has 0 unspecified atom stereocenters. The first-order valence-electron chi connectivity index (χ1n) is 9.16. The number of ether oxygens (including phenoxy) is 1. The number of hydrogen-bond acceptors (Lipinski definition) is 7. The quantitative estimate of drug-likeness (QED) is 0.229. The van der Waals surface area contributed by atoms with E-state index in [0.29, 0.717) is 0 Å². The lowest BCUT2D eigenvalue weighted by Gasteiger charge is -2.27. The van der Waals surface area contributed by atoms with E-state index in [4.69, 9.17) is 21.8 Å². The minimum atomic E-state index is -4.64. The highest BCUT2D eigenvalue weighted by atomic mass is 127. The van der Waals surface area contributed by atoms with Crippen molar-refractivity contribution in [3.63, 3.8) is 0 Å². The van der Waals surface area contributed by atoms with Crippen LogP contribution in [0.5, 0.6) is 5.75 Å². The Kier molecular flexibility index (Phi) is 8.93. The SMILES string of the molecule is O=CC(F)(F)F.[C-]#[N+]c1ccc(O[C@H]2CN(S(=O)(=O)c3ccc(I)cn3)C[C@@]2(O)CN)cc1F. The molecule has 3 rings (SSSR count). The van der Waals surface area contributed by atoms with Crippen molar-refractivity contribution < 1.29 is 40.6 Å². The summed E-state index contributed by atoms with van der Waals surface area (Å²) < 4.78 is 78.2. The first-order chi connectivity index (χ1) is 15.8. The molecule has 1 saturated heterocycles. The number of nitrogens with two attached hydrogens (primary N) is 1. The van der Waals surface area contributed by atoms with E-state index in [1.165, 1.54) is 24.4 Å². The minimum Gasteiger partial charge on any atom is -0.486 e. The highest BCUT2D eigenvalue weighted by Crippen LogP contribution is 2.31. The number of β-amino-alcohol motifs (C(OH)–C–C–N with tert-alkyl or cyclic N) is 1. The zero-order valence-corrected chi connectivity index (χ0v) is 20.0. The van der Waals surface area contributed by atoms with Crippen LogP contribution >= 0.6 is 22.6 Å². The number of rotatable bonds is 5. The number of alkyl halides is 3. The summed E-state index contributed by atoms with van der Waals surface area (Å²) in [5.74, 6) is -0.706. The molecular formula is C19H17F4IN4O5S. The highest BCUT2D eigenvalue weighted by Gasteiger charge is 2.50. The number of aldehydes is 1. The average molecular weight is 616 g/mol. The van der Waals surface area contributed by atoms with Crippen LogP contribution in [-0.2, 0) is 14.8 Å². The summed E-state index contributed by atoms with van der Waals surface area (Å²) in [6.45, 7) is 6.14. The van der Waals surface area contributed by atoms with Gasteiger partial charge in [0.1, 0.15) is 23.3 Å². The van der Waals surface area contributed by atoms with Crippen LogP contribution in [0.15, 0.2) is 41.6 Å². The first-order valence-corrected chi connectivity index (χ1v) is 11.7. The molecule has 2 atom stereocenters.